The van der Waals surface area contributed by atoms with E-state index in [-0.39, 0.29) is 11.8 Å². The fourth-order valence-electron chi connectivity index (χ4n) is 1.58. The van der Waals surface area contributed by atoms with Crippen molar-refractivity contribution in [2.45, 2.75) is 13.0 Å². The minimum atomic E-state index is -0.887. The van der Waals surface area contributed by atoms with Crippen LogP contribution in [-0.2, 0) is 16.1 Å². The Labute approximate surface area is 92.5 Å². The van der Waals surface area contributed by atoms with E-state index in [0.29, 0.717) is 13.0 Å². The molecule has 1 aliphatic rings. The number of aliphatic carboxylic acids is 1. The Bertz CT molecular complexity index is 405. The number of amides is 1. The summed E-state index contributed by atoms with van der Waals surface area (Å²) in [6.07, 6.45) is 3.78. The number of nitrogens with zero attached hydrogens (tertiary/aromatic N) is 1. The van der Waals surface area contributed by atoms with Crippen molar-refractivity contribution in [2.75, 3.05) is 0 Å². The first-order chi connectivity index (χ1) is 7.68. The average molecular weight is 220 g/mol. The molecule has 0 aromatic carbocycles. The van der Waals surface area contributed by atoms with E-state index in [1.165, 1.54) is 0 Å². The standard InChI is InChI=1S/C11H12N2O3/c14-10(8-4-9(8)11(15)16)13-6-7-2-1-3-12-5-7/h1-3,5,8-9H,4,6H2,(H,13,14)(H,15,16)/t8-,9-/m1/s1. The molecule has 1 heterocycles. The third kappa shape index (κ3) is 2.36. The van der Waals surface area contributed by atoms with Gasteiger partial charge >= 0.3 is 5.97 Å². The molecule has 0 bridgehead atoms. The molecule has 1 aromatic rings. The third-order valence-corrected chi connectivity index (χ3v) is 2.63. The number of carboxylic acids is 1. The van der Waals surface area contributed by atoms with E-state index < -0.39 is 11.9 Å². The van der Waals surface area contributed by atoms with E-state index in [2.05, 4.69) is 10.3 Å². The van der Waals surface area contributed by atoms with Crippen molar-refractivity contribution in [1.29, 1.82) is 0 Å². The molecule has 1 saturated carbocycles. The summed E-state index contributed by atoms with van der Waals surface area (Å²) in [6.45, 7) is 0.398. The maximum absolute atomic E-state index is 11.5. The lowest BCUT2D eigenvalue weighted by Crippen LogP contribution is -2.25. The zero-order valence-electron chi connectivity index (χ0n) is 8.59. The Morgan fingerprint density at radius 2 is 2.31 bits per heavy atom. The van der Waals surface area contributed by atoms with Gasteiger partial charge in [0.1, 0.15) is 0 Å². The molecule has 16 heavy (non-hydrogen) atoms. The van der Waals surface area contributed by atoms with Crippen LogP contribution in [0.2, 0.25) is 0 Å². The first-order valence-electron chi connectivity index (χ1n) is 5.08. The molecule has 2 rings (SSSR count). The Kier molecular flexibility index (Phi) is 2.85. The third-order valence-electron chi connectivity index (χ3n) is 2.63. The van der Waals surface area contributed by atoms with Crippen LogP contribution in [0.3, 0.4) is 0 Å². The molecule has 1 aliphatic carbocycles. The van der Waals surface area contributed by atoms with Gasteiger partial charge < -0.3 is 10.4 Å². The number of carbonyl (C=O) groups is 2. The normalized spacial score (nSPS) is 22.5. The molecule has 0 spiro atoms. The van der Waals surface area contributed by atoms with Gasteiger partial charge in [-0.1, -0.05) is 6.07 Å². The van der Waals surface area contributed by atoms with Crippen LogP contribution in [0.25, 0.3) is 0 Å². The van der Waals surface area contributed by atoms with Gasteiger partial charge in [-0.05, 0) is 18.1 Å². The lowest BCUT2D eigenvalue weighted by atomic mass is 10.2. The highest BCUT2D eigenvalue weighted by atomic mass is 16.4. The predicted octanol–water partition coefficient (Wildman–Crippen LogP) is 0.418. The predicted molar refractivity (Wildman–Crippen MR) is 55.3 cm³/mol. The quantitative estimate of drug-likeness (QED) is 0.770. The van der Waals surface area contributed by atoms with Gasteiger partial charge in [-0.2, -0.15) is 0 Å². The summed E-state index contributed by atoms with van der Waals surface area (Å²) in [5, 5.41) is 11.4. The molecule has 5 heteroatoms. The summed E-state index contributed by atoms with van der Waals surface area (Å²) in [4.78, 5) is 26.0. The van der Waals surface area contributed by atoms with Gasteiger partial charge in [0.25, 0.3) is 0 Å². The van der Waals surface area contributed by atoms with Gasteiger partial charge in [0.15, 0.2) is 0 Å². The van der Waals surface area contributed by atoms with Gasteiger partial charge in [-0.25, -0.2) is 0 Å². The van der Waals surface area contributed by atoms with E-state index >= 15 is 0 Å². The van der Waals surface area contributed by atoms with Crippen LogP contribution in [0.5, 0.6) is 0 Å². The summed E-state index contributed by atoms with van der Waals surface area (Å²) in [7, 11) is 0. The Morgan fingerprint density at radius 3 is 2.88 bits per heavy atom. The van der Waals surface area contributed by atoms with Crippen molar-refractivity contribution in [2.24, 2.45) is 11.8 Å². The van der Waals surface area contributed by atoms with Crippen LogP contribution in [0.15, 0.2) is 24.5 Å². The first-order valence-corrected chi connectivity index (χ1v) is 5.08. The van der Waals surface area contributed by atoms with Crippen molar-refractivity contribution in [3.8, 4) is 0 Å². The number of hydrogen-bond acceptors (Lipinski definition) is 3. The van der Waals surface area contributed by atoms with Gasteiger partial charge in [-0.3, -0.25) is 14.6 Å². The number of carbonyl (C=O) groups excluding carboxylic acids is 1. The summed E-state index contributed by atoms with van der Waals surface area (Å²) in [6, 6.07) is 3.65. The number of rotatable bonds is 4. The average Bonchev–Trinajstić information content (AvgIpc) is 3.07. The van der Waals surface area contributed by atoms with Crippen molar-refractivity contribution >= 4 is 11.9 Å². The number of aromatic nitrogens is 1. The van der Waals surface area contributed by atoms with Crippen molar-refractivity contribution in [1.82, 2.24) is 10.3 Å². The lowest BCUT2D eigenvalue weighted by molar-refractivity contribution is -0.140. The van der Waals surface area contributed by atoms with E-state index in [1.54, 1.807) is 18.5 Å². The van der Waals surface area contributed by atoms with E-state index in [9.17, 15) is 9.59 Å². The smallest absolute Gasteiger partial charge is 0.307 e. The summed E-state index contributed by atoms with van der Waals surface area (Å²) >= 11 is 0. The largest absolute Gasteiger partial charge is 0.481 e. The Morgan fingerprint density at radius 1 is 1.50 bits per heavy atom. The van der Waals surface area contributed by atoms with E-state index in [0.717, 1.165) is 5.56 Å². The molecule has 2 atom stereocenters. The van der Waals surface area contributed by atoms with Crippen LogP contribution in [0.4, 0.5) is 0 Å². The van der Waals surface area contributed by atoms with Crippen molar-refractivity contribution in [3.05, 3.63) is 30.1 Å². The zero-order valence-corrected chi connectivity index (χ0v) is 8.59. The molecule has 0 unspecified atom stereocenters. The number of nitrogens with one attached hydrogen (secondary N) is 1. The molecule has 1 amide bonds. The molecule has 2 N–H and O–H groups in total. The van der Waals surface area contributed by atoms with Gasteiger partial charge in [-0.15, -0.1) is 0 Å². The molecule has 0 aliphatic heterocycles. The van der Waals surface area contributed by atoms with Crippen LogP contribution < -0.4 is 5.32 Å². The van der Waals surface area contributed by atoms with E-state index in [1.807, 2.05) is 6.07 Å². The number of hydrogen-bond donors (Lipinski definition) is 2. The van der Waals surface area contributed by atoms with Gasteiger partial charge in [0.2, 0.25) is 5.91 Å². The zero-order chi connectivity index (χ0) is 11.5. The topological polar surface area (TPSA) is 79.3 Å². The highest BCUT2D eigenvalue weighted by molar-refractivity contribution is 5.89. The minimum absolute atomic E-state index is 0.184. The number of pyridine rings is 1. The molecule has 1 aromatic heterocycles. The van der Waals surface area contributed by atoms with Crippen LogP contribution in [0, 0.1) is 11.8 Å². The molecular formula is C11H12N2O3. The Balaban J connectivity index is 1.80. The fourth-order valence-corrected chi connectivity index (χ4v) is 1.58. The SMILES string of the molecule is O=C(O)[C@@H]1C[C@H]1C(=O)NCc1cccnc1. The summed E-state index contributed by atoms with van der Waals surface area (Å²) in [5.74, 6) is -1.92. The first kappa shape index (κ1) is 10.6. The maximum atomic E-state index is 11.5. The summed E-state index contributed by atoms with van der Waals surface area (Å²) < 4.78 is 0. The summed E-state index contributed by atoms with van der Waals surface area (Å²) in [5.41, 5.74) is 0.906. The Hall–Kier alpha value is -1.91. The molecular weight excluding hydrogens is 208 g/mol. The minimum Gasteiger partial charge on any atom is -0.481 e. The van der Waals surface area contributed by atoms with Crippen molar-refractivity contribution in [3.63, 3.8) is 0 Å². The molecule has 5 nitrogen and oxygen atoms in total. The molecule has 84 valence electrons. The van der Waals surface area contributed by atoms with Gasteiger partial charge in [0.05, 0.1) is 11.8 Å². The maximum Gasteiger partial charge on any atom is 0.307 e. The fraction of sp³-hybridized carbons (Fsp3) is 0.364. The number of carboxylic acid groups (broad SMARTS) is 1. The van der Waals surface area contributed by atoms with Crippen LogP contribution in [-0.4, -0.2) is 22.0 Å². The van der Waals surface area contributed by atoms with Gasteiger partial charge in [0, 0.05) is 18.9 Å². The monoisotopic (exact) mass is 220 g/mol. The second-order valence-electron chi connectivity index (χ2n) is 3.87. The molecule has 1 fully saturated rings. The second-order valence-corrected chi connectivity index (χ2v) is 3.87. The molecule has 0 saturated heterocycles. The van der Waals surface area contributed by atoms with Crippen molar-refractivity contribution < 1.29 is 14.7 Å². The second kappa shape index (κ2) is 4.30. The van der Waals surface area contributed by atoms with Crippen LogP contribution >= 0.6 is 0 Å². The molecule has 0 radical (unpaired) electrons. The van der Waals surface area contributed by atoms with E-state index in [4.69, 9.17) is 5.11 Å². The lowest BCUT2D eigenvalue weighted by Gasteiger charge is -2.03. The highest BCUT2D eigenvalue weighted by Gasteiger charge is 2.48. The highest BCUT2D eigenvalue weighted by Crippen LogP contribution is 2.38. The van der Waals surface area contributed by atoms with Crippen LogP contribution in [0.1, 0.15) is 12.0 Å².